The molecule has 1 atom stereocenters. The molecule has 0 heterocycles. The normalized spacial score (nSPS) is 13.4. The molecule has 0 spiro atoms. The van der Waals surface area contributed by atoms with Gasteiger partial charge in [-0.1, -0.05) is 43.3 Å². The van der Waals surface area contributed by atoms with E-state index in [9.17, 15) is 31.1 Å². The minimum Gasteiger partial charge on any atom is -0.490 e. The molecule has 0 amide bonds. The van der Waals surface area contributed by atoms with Crippen LogP contribution in [0.3, 0.4) is 0 Å². The molecule has 3 rings (SSSR count). The molecule has 0 aliphatic carbocycles. The van der Waals surface area contributed by atoms with Crippen LogP contribution in [0, 0.1) is 5.92 Å². The van der Waals surface area contributed by atoms with Gasteiger partial charge in [-0.15, -0.1) is 0 Å². The molecule has 0 saturated heterocycles. The van der Waals surface area contributed by atoms with Crippen LogP contribution in [0.1, 0.15) is 43.0 Å². The first-order chi connectivity index (χ1) is 17.2. The summed E-state index contributed by atoms with van der Waals surface area (Å²) in [6.45, 7) is 5.54. The van der Waals surface area contributed by atoms with Crippen molar-refractivity contribution in [2.75, 3.05) is 6.61 Å². The Bertz CT molecular complexity index is 1220. The fraction of sp³-hybridized carbons (Fsp3) is 0.276. The number of ether oxygens (including phenoxy) is 1. The van der Waals surface area contributed by atoms with Crippen LogP contribution in [0.4, 0.5) is 26.3 Å². The van der Waals surface area contributed by atoms with Crippen molar-refractivity contribution in [1.82, 2.24) is 0 Å². The maximum atomic E-state index is 13.2. The largest absolute Gasteiger partial charge is 0.490 e. The number of ketones is 1. The first-order valence-electron chi connectivity index (χ1n) is 11.5. The quantitative estimate of drug-likeness (QED) is 0.278. The van der Waals surface area contributed by atoms with Crippen LogP contribution >= 0.6 is 0 Å². The summed E-state index contributed by atoms with van der Waals surface area (Å²) in [5.74, 6) is 0.738. The molecule has 3 aromatic rings. The third kappa shape index (κ3) is 7.71. The number of benzene rings is 3. The summed E-state index contributed by atoms with van der Waals surface area (Å²) in [6, 6.07) is 15.3. The molecular formula is C29H26F6O2. The van der Waals surface area contributed by atoms with E-state index in [0.29, 0.717) is 24.3 Å². The second-order valence-corrected chi connectivity index (χ2v) is 8.93. The van der Waals surface area contributed by atoms with Crippen molar-refractivity contribution < 1.29 is 35.9 Å². The molecule has 196 valence electrons. The van der Waals surface area contributed by atoms with E-state index in [1.165, 1.54) is 12.1 Å². The number of carbonyl (C=O) groups excluding carboxylic acids is 1. The van der Waals surface area contributed by atoms with Crippen LogP contribution in [0.15, 0.2) is 72.8 Å². The summed E-state index contributed by atoms with van der Waals surface area (Å²) in [6.07, 6.45) is -7.32. The number of hydrogen-bond donors (Lipinski definition) is 0. The summed E-state index contributed by atoms with van der Waals surface area (Å²) >= 11 is 0. The van der Waals surface area contributed by atoms with Crippen LogP contribution in [0.25, 0.3) is 16.7 Å². The van der Waals surface area contributed by atoms with Crippen molar-refractivity contribution >= 4 is 11.4 Å². The summed E-state index contributed by atoms with van der Waals surface area (Å²) in [7, 11) is 0. The average molecular weight is 521 g/mol. The highest BCUT2D eigenvalue weighted by Gasteiger charge is 2.37. The lowest BCUT2D eigenvalue weighted by Gasteiger charge is -2.14. The monoisotopic (exact) mass is 520 g/mol. The Hall–Kier alpha value is -3.55. The highest BCUT2D eigenvalue weighted by Crippen LogP contribution is 2.38. The van der Waals surface area contributed by atoms with Gasteiger partial charge in [0.1, 0.15) is 18.1 Å². The van der Waals surface area contributed by atoms with Crippen LogP contribution in [-0.4, -0.2) is 12.4 Å². The van der Waals surface area contributed by atoms with Crippen LogP contribution in [-0.2, 0) is 23.6 Å². The van der Waals surface area contributed by atoms with Crippen molar-refractivity contribution in [2.45, 2.75) is 39.5 Å². The summed E-state index contributed by atoms with van der Waals surface area (Å²) in [5, 5.41) is 0. The molecule has 2 nitrogen and oxygen atoms in total. The third-order valence-electron chi connectivity index (χ3n) is 6.06. The molecule has 0 aliphatic rings. The number of hydrogen-bond acceptors (Lipinski definition) is 2. The second kappa shape index (κ2) is 11.2. The fourth-order valence-corrected chi connectivity index (χ4v) is 3.65. The number of halogens is 6. The van der Waals surface area contributed by atoms with E-state index in [1.807, 2.05) is 44.2 Å². The van der Waals surface area contributed by atoms with E-state index >= 15 is 0 Å². The maximum Gasteiger partial charge on any atom is 0.416 e. The van der Waals surface area contributed by atoms with Gasteiger partial charge < -0.3 is 4.74 Å². The van der Waals surface area contributed by atoms with Gasteiger partial charge in [0.15, 0.2) is 0 Å². The highest BCUT2D eigenvalue weighted by molar-refractivity contribution is 5.78. The van der Waals surface area contributed by atoms with Gasteiger partial charge in [0, 0.05) is 5.92 Å². The van der Waals surface area contributed by atoms with Crippen LogP contribution in [0.5, 0.6) is 5.75 Å². The summed E-state index contributed by atoms with van der Waals surface area (Å²) < 4.78 is 84.7. The second-order valence-electron chi connectivity index (χ2n) is 8.93. The lowest BCUT2D eigenvalue weighted by atomic mass is 9.97. The van der Waals surface area contributed by atoms with Crippen molar-refractivity contribution in [3.63, 3.8) is 0 Å². The minimum absolute atomic E-state index is 0.0518. The van der Waals surface area contributed by atoms with Crippen LogP contribution < -0.4 is 4.74 Å². The predicted octanol–water partition coefficient (Wildman–Crippen LogP) is 8.64. The molecule has 3 aromatic carbocycles. The highest BCUT2D eigenvalue weighted by atomic mass is 19.4. The topological polar surface area (TPSA) is 26.3 Å². The van der Waals surface area contributed by atoms with Crippen molar-refractivity contribution in [3.8, 4) is 16.9 Å². The summed E-state index contributed by atoms with van der Waals surface area (Å²) in [5.41, 5.74) is -0.0113. The van der Waals surface area contributed by atoms with Gasteiger partial charge in [-0.2, -0.15) is 26.3 Å². The number of alkyl halides is 6. The SMILES string of the molecule is CC(=O)C(C)Cc1ccc(OC/C=C(\C)c2ccc(-c3cc(C(F)(F)F)cc(C(F)(F)F)c3)cc2)cc1. The molecule has 37 heavy (non-hydrogen) atoms. The Balaban J connectivity index is 1.70. The van der Waals surface area contributed by atoms with Gasteiger partial charge in [-0.25, -0.2) is 0 Å². The number of allylic oxidation sites excluding steroid dienone is 1. The smallest absolute Gasteiger partial charge is 0.416 e. The molecule has 0 aromatic heterocycles. The standard InChI is InChI=1S/C29H26F6O2/c1-18(12-13-37-27-10-4-21(5-11-27)14-19(2)20(3)36)22-6-8-23(9-7-22)24-15-25(28(30,31)32)17-26(16-24)29(33,34)35/h4-12,15-17,19H,13-14H2,1-3H3/b18-12+. The number of carbonyl (C=O) groups is 1. The van der Waals surface area contributed by atoms with Gasteiger partial charge >= 0.3 is 12.4 Å². The van der Waals surface area contributed by atoms with Gasteiger partial charge in [-0.3, -0.25) is 4.79 Å². The van der Waals surface area contributed by atoms with E-state index in [1.54, 1.807) is 19.1 Å². The Morgan fingerprint density at radius 3 is 1.84 bits per heavy atom. The lowest BCUT2D eigenvalue weighted by molar-refractivity contribution is -0.143. The van der Waals surface area contributed by atoms with Crippen molar-refractivity contribution in [1.29, 1.82) is 0 Å². The molecule has 8 heteroatoms. The molecule has 1 unspecified atom stereocenters. The third-order valence-corrected chi connectivity index (χ3v) is 6.06. The summed E-state index contributed by atoms with van der Waals surface area (Å²) in [4.78, 5) is 11.4. The Kier molecular flexibility index (Phi) is 8.51. The Morgan fingerprint density at radius 1 is 0.811 bits per heavy atom. The minimum atomic E-state index is -4.90. The van der Waals surface area contributed by atoms with Crippen LogP contribution in [0.2, 0.25) is 0 Å². The molecule has 0 aliphatic heterocycles. The number of Topliss-reactive ketones (excluding diaryl/α,β-unsaturated/α-hetero) is 1. The van der Waals surface area contributed by atoms with Gasteiger partial charge in [0.25, 0.3) is 0 Å². The van der Waals surface area contributed by atoms with E-state index in [2.05, 4.69) is 0 Å². The molecule has 0 N–H and O–H groups in total. The molecular weight excluding hydrogens is 494 g/mol. The van der Waals surface area contributed by atoms with Gasteiger partial charge in [-0.05, 0) is 84.5 Å². The zero-order valence-electron chi connectivity index (χ0n) is 20.5. The van der Waals surface area contributed by atoms with Crippen molar-refractivity contribution in [3.05, 3.63) is 95.1 Å². The molecule has 0 saturated carbocycles. The molecule has 0 radical (unpaired) electrons. The zero-order chi connectivity index (χ0) is 27.4. The lowest BCUT2D eigenvalue weighted by Crippen LogP contribution is -2.11. The van der Waals surface area contributed by atoms with Gasteiger partial charge in [0.05, 0.1) is 11.1 Å². The van der Waals surface area contributed by atoms with E-state index < -0.39 is 23.5 Å². The maximum absolute atomic E-state index is 13.2. The Labute approximate surface area is 211 Å². The predicted molar refractivity (Wildman–Crippen MR) is 131 cm³/mol. The Morgan fingerprint density at radius 2 is 1.35 bits per heavy atom. The zero-order valence-corrected chi connectivity index (χ0v) is 20.5. The van der Waals surface area contributed by atoms with Gasteiger partial charge in [0.2, 0.25) is 0 Å². The number of rotatable bonds is 8. The molecule has 0 bridgehead atoms. The van der Waals surface area contributed by atoms with E-state index in [-0.39, 0.29) is 35.5 Å². The van der Waals surface area contributed by atoms with E-state index in [4.69, 9.17) is 4.74 Å². The fourth-order valence-electron chi connectivity index (χ4n) is 3.65. The van der Waals surface area contributed by atoms with E-state index in [0.717, 1.165) is 16.7 Å². The first kappa shape index (κ1) is 28.0. The van der Waals surface area contributed by atoms with Crippen molar-refractivity contribution in [2.24, 2.45) is 5.92 Å². The first-order valence-corrected chi connectivity index (χ1v) is 11.5. The molecule has 0 fully saturated rings. The average Bonchev–Trinajstić information content (AvgIpc) is 2.83.